The average Bonchev–Trinajstić information content (AvgIpc) is 4.23. The van der Waals surface area contributed by atoms with Crippen LogP contribution in [0.1, 0.15) is 107 Å². The molecule has 8 aliphatic heterocycles. The van der Waals surface area contributed by atoms with Crippen molar-refractivity contribution in [2.24, 2.45) is 45.9 Å². The van der Waals surface area contributed by atoms with Crippen LogP contribution in [-0.2, 0) is 38.4 Å². The third-order valence-electron chi connectivity index (χ3n) is 16.6. The zero-order valence-electron chi connectivity index (χ0n) is 52.0. The smallest absolute Gasteiger partial charge is 0.148 e. The first-order valence-electron chi connectivity index (χ1n) is 28.6. The van der Waals surface area contributed by atoms with E-state index in [1.807, 2.05) is 95.6 Å². The molecule has 0 amide bonds. The van der Waals surface area contributed by atoms with Crippen molar-refractivity contribution in [2.45, 2.75) is 203 Å². The number of hydrogen-bond acceptors (Lipinski definition) is 24. The molecule has 0 aliphatic carbocycles. The fourth-order valence-corrected chi connectivity index (χ4v) is 12.4. The molecule has 0 saturated carbocycles. The van der Waals surface area contributed by atoms with Crippen LogP contribution in [-0.4, -0.2) is 291 Å². The third kappa shape index (κ3) is 24.5. The van der Waals surface area contributed by atoms with Crippen molar-refractivity contribution in [2.75, 3.05) is 109 Å². The molecular weight excluding hydrogens is 1020 g/mol. The van der Waals surface area contributed by atoms with Gasteiger partial charge in [0.25, 0.3) is 0 Å². The van der Waals surface area contributed by atoms with Gasteiger partial charge in [0.15, 0.2) is 0 Å². The molecule has 0 aromatic rings. The van der Waals surface area contributed by atoms with Gasteiger partial charge in [-0.1, -0.05) is 0 Å². The minimum atomic E-state index is -0.0278. The predicted molar refractivity (Wildman–Crippen MR) is 318 cm³/mol. The van der Waals surface area contributed by atoms with Crippen molar-refractivity contribution in [3.05, 3.63) is 0 Å². The molecule has 0 spiro atoms. The zero-order valence-corrected chi connectivity index (χ0v) is 52.0. The van der Waals surface area contributed by atoms with Gasteiger partial charge in [0.05, 0.1) is 48.3 Å². The molecule has 8 fully saturated rings. The fraction of sp³-hybridized carbons (Fsp3) is 0.857. The Bertz CT molecular complexity index is 1680. The molecule has 80 heavy (non-hydrogen) atoms. The fourth-order valence-electron chi connectivity index (χ4n) is 12.4. The van der Waals surface area contributed by atoms with E-state index >= 15 is 0 Å². The molecule has 16 atom stereocenters. The van der Waals surface area contributed by atoms with Gasteiger partial charge in [0.1, 0.15) is 46.3 Å². The van der Waals surface area contributed by atoms with E-state index in [1.54, 1.807) is 55.4 Å². The summed E-state index contributed by atoms with van der Waals surface area (Å²) in [5.74, 6) is 1.68. The quantitative estimate of drug-likeness (QED) is 0.119. The molecule has 0 unspecified atom stereocenters. The summed E-state index contributed by atoms with van der Waals surface area (Å²) in [6, 6.07) is 1.21. The van der Waals surface area contributed by atoms with Crippen LogP contribution >= 0.6 is 0 Å². The van der Waals surface area contributed by atoms with Crippen LogP contribution in [0.3, 0.4) is 0 Å². The Kier molecular flexibility index (Phi) is 33.4. The van der Waals surface area contributed by atoms with Gasteiger partial charge in [0, 0.05) is 101 Å². The summed E-state index contributed by atoms with van der Waals surface area (Å²) in [6.07, 6.45) is 7.08. The molecule has 0 bridgehead atoms. The Morgan fingerprint density at radius 2 is 0.412 bits per heavy atom. The Morgan fingerprint density at radius 1 is 0.263 bits per heavy atom. The molecular formula is C56H112N16O8. The maximum Gasteiger partial charge on any atom is 0.148 e. The van der Waals surface area contributed by atoms with E-state index in [0.29, 0.717) is 0 Å². The summed E-state index contributed by atoms with van der Waals surface area (Å²) >= 11 is 0. The van der Waals surface area contributed by atoms with E-state index in [2.05, 4.69) is 0 Å². The van der Waals surface area contributed by atoms with Crippen LogP contribution in [0.15, 0.2) is 0 Å². The van der Waals surface area contributed by atoms with Crippen LogP contribution in [0.2, 0.25) is 0 Å². The second kappa shape index (κ2) is 35.8. The van der Waals surface area contributed by atoms with Crippen LogP contribution in [0.4, 0.5) is 0 Å². The summed E-state index contributed by atoms with van der Waals surface area (Å²) < 4.78 is 0. The number of nitrogens with two attached hydrogens (primary N) is 8. The average molecular weight is 1140 g/mol. The van der Waals surface area contributed by atoms with Crippen molar-refractivity contribution < 1.29 is 38.4 Å². The molecule has 8 aliphatic rings. The summed E-state index contributed by atoms with van der Waals surface area (Å²) in [7, 11) is 15.5. The number of ketones is 8. The lowest BCUT2D eigenvalue weighted by Crippen LogP contribution is -2.42. The minimum Gasteiger partial charge on any atom is -0.326 e. The highest BCUT2D eigenvalue weighted by Gasteiger charge is 2.36. The topological polar surface area (TPSA) is 371 Å². The first kappa shape index (κ1) is 74.7. The lowest BCUT2D eigenvalue weighted by Gasteiger charge is -2.18. The number of likely N-dealkylation sites (tertiary alicyclic amines) is 8. The highest BCUT2D eigenvalue weighted by atomic mass is 16.2. The molecule has 8 saturated heterocycles. The first-order chi connectivity index (χ1) is 36.9. The van der Waals surface area contributed by atoms with Crippen molar-refractivity contribution in [1.82, 2.24) is 39.2 Å². The first-order valence-corrected chi connectivity index (χ1v) is 28.6. The lowest BCUT2D eigenvalue weighted by molar-refractivity contribution is -0.121. The summed E-state index contributed by atoms with van der Waals surface area (Å²) in [5, 5.41) is 0. The Labute approximate surface area is 480 Å². The Morgan fingerprint density at radius 3 is 0.463 bits per heavy atom. The number of rotatable bonds is 8. The number of likely N-dealkylation sites (N-methyl/N-ethyl adjacent to an activating group) is 8. The second-order valence-corrected chi connectivity index (χ2v) is 24.2. The Hall–Kier alpha value is -3.28. The maximum atomic E-state index is 10.9. The van der Waals surface area contributed by atoms with E-state index in [9.17, 15) is 38.4 Å². The highest BCUT2D eigenvalue weighted by molar-refractivity contribution is 5.85. The van der Waals surface area contributed by atoms with Gasteiger partial charge < -0.3 is 45.9 Å². The minimum absolute atomic E-state index is 0.0278. The Balaban J connectivity index is 0.000000457. The van der Waals surface area contributed by atoms with Crippen molar-refractivity contribution in [3.63, 3.8) is 0 Å². The van der Waals surface area contributed by atoms with Crippen LogP contribution in [0.25, 0.3) is 0 Å². The number of hydrogen-bond donors (Lipinski definition) is 8. The largest absolute Gasteiger partial charge is 0.326 e. The molecule has 0 radical (unpaired) electrons. The van der Waals surface area contributed by atoms with Crippen LogP contribution < -0.4 is 45.9 Å². The normalized spacial score (nSPS) is 34.7. The predicted octanol–water partition coefficient (Wildman–Crippen LogP) is -3.15. The molecule has 8 rings (SSSR count). The molecule has 16 N–H and O–H groups in total. The zero-order chi connectivity index (χ0) is 61.8. The van der Waals surface area contributed by atoms with Gasteiger partial charge in [-0.15, -0.1) is 0 Å². The van der Waals surface area contributed by atoms with E-state index in [0.717, 1.165) is 104 Å². The van der Waals surface area contributed by atoms with Crippen molar-refractivity contribution >= 4 is 46.3 Å². The van der Waals surface area contributed by atoms with Gasteiger partial charge in [-0.3, -0.25) is 77.6 Å². The van der Waals surface area contributed by atoms with E-state index in [1.165, 1.54) is 0 Å². The van der Waals surface area contributed by atoms with Crippen molar-refractivity contribution in [3.8, 4) is 0 Å². The van der Waals surface area contributed by atoms with E-state index in [4.69, 9.17) is 45.9 Å². The highest BCUT2D eigenvalue weighted by Crippen LogP contribution is 2.19. The third-order valence-corrected chi connectivity index (χ3v) is 16.6. The van der Waals surface area contributed by atoms with Gasteiger partial charge in [-0.05, 0) is 163 Å². The van der Waals surface area contributed by atoms with Crippen LogP contribution in [0, 0.1) is 0 Å². The lowest BCUT2D eigenvalue weighted by atomic mass is 10.1. The molecule has 0 aromatic carbocycles. The van der Waals surface area contributed by atoms with E-state index in [-0.39, 0.29) is 143 Å². The summed E-state index contributed by atoms with van der Waals surface area (Å²) in [6.45, 7) is 20.1. The number of carbonyl (C=O) groups is 8. The van der Waals surface area contributed by atoms with E-state index < -0.39 is 0 Å². The second-order valence-electron chi connectivity index (χ2n) is 24.2. The van der Waals surface area contributed by atoms with Crippen LogP contribution in [0.5, 0.6) is 0 Å². The maximum absolute atomic E-state index is 10.9. The summed E-state index contributed by atoms with van der Waals surface area (Å²) in [4.78, 5) is 104. The monoisotopic (exact) mass is 1140 g/mol. The SMILES string of the molecule is CC(=O)[C@@H]1C[C@@H](N)CN1C.CC(=O)[C@@H]1C[C@H](N)CN1C.CC(=O)[C@@H]1[C@@H](N)CCN1C.CC(=O)[C@@H]1[C@H](N)CCN1C.CC(=O)[C@H]1C[C@@H](N)CN1C.CC(=O)[C@H]1C[C@H](N)CN1C.CC(=O)[C@H]1[C@@H](N)CCN1C.CC(=O)[C@H]1[C@H](N)CCN1C. The standard InChI is InChI=1S/8C7H14N2O/c4*1-5(10)7-3-6(8)4-9(7)2;4*1-5(10)7-6(8)3-4-9(7)2/h8*6-7H,3-4,8H2,1-2H3/t2*6-,7+;2*6-,7-;2*6-,7+;2*6-,7-/m10101010/s1. The molecule has 464 valence electrons. The molecule has 8 heterocycles. The van der Waals surface area contributed by atoms with Gasteiger partial charge in [-0.2, -0.15) is 0 Å². The van der Waals surface area contributed by atoms with Gasteiger partial charge >= 0.3 is 0 Å². The van der Waals surface area contributed by atoms with Gasteiger partial charge in [-0.25, -0.2) is 0 Å². The molecule has 0 aromatic heterocycles. The number of carbonyl (C=O) groups excluding carboxylic acids is 8. The number of Topliss-reactive ketones (excluding diaryl/α,β-unsaturated/α-hetero) is 8. The number of nitrogens with zero attached hydrogens (tertiary/aromatic N) is 8. The summed E-state index contributed by atoms with van der Waals surface area (Å²) in [5.41, 5.74) is 45.5. The van der Waals surface area contributed by atoms with Gasteiger partial charge in [0.2, 0.25) is 0 Å². The van der Waals surface area contributed by atoms with Crippen molar-refractivity contribution in [1.29, 1.82) is 0 Å². The molecule has 24 heteroatoms. The molecule has 24 nitrogen and oxygen atoms in total.